The molecule has 1 amide bonds. The van der Waals surface area contributed by atoms with Gasteiger partial charge in [-0.3, -0.25) is 4.79 Å². The molecule has 1 radical (unpaired) electrons. The molecular formula is C10H13N2O. The van der Waals surface area contributed by atoms with Gasteiger partial charge in [0.25, 0.3) is 0 Å². The third-order valence-electron chi connectivity index (χ3n) is 1.54. The molecule has 0 aliphatic heterocycles. The highest BCUT2D eigenvalue weighted by Crippen LogP contribution is 2.07. The molecule has 0 aliphatic carbocycles. The first-order chi connectivity index (χ1) is 6.00. The number of hydrogen-bond donors (Lipinski definition) is 2. The Labute approximate surface area is 77.9 Å². The summed E-state index contributed by atoms with van der Waals surface area (Å²) in [5, 5.41) is 2.66. The predicted octanol–water partition coefficient (Wildman–Crippen LogP) is 1.16. The van der Waals surface area contributed by atoms with Gasteiger partial charge in [0.1, 0.15) is 0 Å². The van der Waals surface area contributed by atoms with Crippen LogP contribution in [0.2, 0.25) is 0 Å². The van der Waals surface area contributed by atoms with Crippen molar-refractivity contribution in [1.29, 1.82) is 0 Å². The SMILES string of the molecule is CC(C)(N)C(=O)Nc1[c]cccc1. The predicted molar refractivity (Wildman–Crippen MR) is 52.2 cm³/mol. The summed E-state index contributed by atoms with van der Waals surface area (Å²) in [6, 6.07) is 10.1. The van der Waals surface area contributed by atoms with Gasteiger partial charge in [-0.25, -0.2) is 0 Å². The topological polar surface area (TPSA) is 55.1 Å². The van der Waals surface area contributed by atoms with Crippen LogP contribution < -0.4 is 11.1 Å². The van der Waals surface area contributed by atoms with Gasteiger partial charge < -0.3 is 11.1 Å². The van der Waals surface area contributed by atoms with Crippen LogP contribution in [0, 0.1) is 6.07 Å². The second-order valence-electron chi connectivity index (χ2n) is 3.45. The van der Waals surface area contributed by atoms with Crippen molar-refractivity contribution in [3.8, 4) is 0 Å². The third-order valence-corrected chi connectivity index (χ3v) is 1.54. The Hall–Kier alpha value is -1.35. The standard InChI is InChI=1S/C10H13N2O/c1-10(2,11)9(13)12-8-6-4-3-5-7-8/h3-6H,11H2,1-2H3,(H,12,13). The number of para-hydroxylation sites is 1. The maximum absolute atomic E-state index is 11.4. The van der Waals surface area contributed by atoms with E-state index >= 15 is 0 Å². The number of nitrogens with one attached hydrogen (secondary N) is 1. The first-order valence-corrected chi connectivity index (χ1v) is 4.07. The lowest BCUT2D eigenvalue weighted by molar-refractivity contribution is -0.120. The fourth-order valence-corrected chi connectivity index (χ4v) is 0.754. The second kappa shape index (κ2) is 3.58. The highest BCUT2D eigenvalue weighted by Gasteiger charge is 2.21. The summed E-state index contributed by atoms with van der Waals surface area (Å²) < 4.78 is 0. The van der Waals surface area contributed by atoms with Crippen LogP contribution in [-0.2, 0) is 4.79 Å². The van der Waals surface area contributed by atoms with Gasteiger partial charge in [-0.1, -0.05) is 18.2 Å². The zero-order valence-corrected chi connectivity index (χ0v) is 7.79. The lowest BCUT2D eigenvalue weighted by Gasteiger charge is -2.17. The summed E-state index contributed by atoms with van der Waals surface area (Å²) in [6.45, 7) is 3.32. The van der Waals surface area contributed by atoms with E-state index in [-0.39, 0.29) is 5.91 Å². The summed E-state index contributed by atoms with van der Waals surface area (Å²) in [7, 11) is 0. The lowest BCUT2D eigenvalue weighted by Crippen LogP contribution is -2.45. The molecule has 3 nitrogen and oxygen atoms in total. The zero-order chi connectivity index (χ0) is 9.90. The normalized spacial score (nSPS) is 11.0. The second-order valence-corrected chi connectivity index (χ2v) is 3.45. The maximum Gasteiger partial charge on any atom is 0.243 e. The highest BCUT2D eigenvalue weighted by molar-refractivity contribution is 5.97. The van der Waals surface area contributed by atoms with E-state index in [1.807, 2.05) is 12.1 Å². The number of carbonyl (C=O) groups is 1. The summed E-state index contributed by atoms with van der Waals surface area (Å²) >= 11 is 0. The first kappa shape index (κ1) is 9.74. The Bertz CT molecular complexity index is 288. The van der Waals surface area contributed by atoms with Crippen LogP contribution in [0.15, 0.2) is 24.3 Å². The largest absolute Gasteiger partial charge is 0.324 e. The summed E-state index contributed by atoms with van der Waals surface area (Å²) in [5.41, 5.74) is 5.39. The van der Waals surface area contributed by atoms with Crippen LogP contribution in [0.4, 0.5) is 5.69 Å². The number of nitrogens with two attached hydrogens (primary N) is 1. The van der Waals surface area contributed by atoms with E-state index in [1.54, 1.807) is 26.0 Å². The molecule has 0 atom stereocenters. The van der Waals surface area contributed by atoms with E-state index in [0.717, 1.165) is 0 Å². The van der Waals surface area contributed by atoms with Gasteiger partial charge in [-0.05, 0) is 19.9 Å². The molecule has 0 saturated heterocycles. The molecule has 0 aliphatic rings. The van der Waals surface area contributed by atoms with E-state index < -0.39 is 5.54 Å². The molecular weight excluding hydrogens is 164 g/mol. The van der Waals surface area contributed by atoms with Crippen molar-refractivity contribution in [3.05, 3.63) is 30.3 Å². The van der Waals surface area contributed by atoms with Crippen molar-refractivity contribution in [1.82, 2.24) is 0 Å². The molecule has 1 aromatic rings. The number of benzene rings is 1. The van der Waals surface area contributed by atoms with Gasteiger partial charge >= 0.3 is 0 Å². The van der Waals surface area contributed by atoms with Gasteiger partial charge in [-0.15, -0.1) is 0 Å². The maximum atomic E-state index is 11.4. The summed E-state index contributed by atoms with van der Waals surface area (Å²) in [5.74, 6) is -0.213. The highest BCUT2D eigenvalue weighted by atomic mass is 16.2. The molecule has 1 aromatic carbocycles. The molecule has 13 heavy (non-hydrogen) atoms. The van der Waals surface area contributed by atoms with Crippen LogP contribution in [-0.4, -0.2) is 11.4 Å². The minimum atomic E-state index is -0.857. The van der Waals surface area contributed by atoms with E-state index in [4.69, 9.17) is 5.73 Å². The average molecular weight is 177 g/mol. The van der Waals surface area contributed by atoms with Crippen molar-refractivity contribution in [2.75, 3.05) is 5.32 Å². The molecule has 0 fully saturated rings. The van der Waals surface area contributed by atoms with Gasteiger partial charge in [0.05, 0.1) is 5.54 Å². The molecule has 0 saturated carbocycles. The van der Waals surface area contributed by atoms with Crippen molar-refractivity contribution in [2.24, 2.45) is 5.73 Å². The minimum absolute atomic E-state index is 0.213. The Morgan fingerprint density at radius 3 is 2.69 bits per heavy atom. The number of rotatable bonds is 2. The molecule has 3 N–H and O–H groups in total. The Morgan fingerprint density at radius 1 is 1.54 bits per heavy atom. The van der Waals surface area contributed by atoms with Crippen molar-refractivity contribution in [2.45, 2.75) is 19.4 Å². The van der Waals surface area contributed by atoms with Gasteiger partial charge in [0, 0.05) is 11.8 Å². The van der Waals surface area contributed by atoms with Gasteiger partial charge in [0.2, 0.25) is 5.91 Å². The lowest BCUT2D eigenvalue weighted by atomic mass is 10.1. The van der Waals surface area contributed by atoms with E-state index in [9.17, 15) is 4.79 Å². The number of anilines is 1. The molecule has 0 bridgehead atoms. The fourth-order valence-electron chi connectivity index (χ4n) is 0.754. The van der Waals surface area contributed by atoms with Crippen LogP contribution in [0.1, 0.15) is 13.8 Å². The Balaban J connectivity index is 2.66. The third kappa shape index (κ3) is 2.87. The molecule has 3 heteroatoms. The van der Waals surface area contributed by atoms with Gasteiger partial charge in [0.15, 0.2) is 0 Å². The van der Waals surface area contributed by atoms with Crippen LogP contribution in [0.3, 0.4) is 0 Å². The van der Waals surface area contributed by atoms with Crippen LogP contribution in [0.5, 0.6) is 0 Å². The van der Waals surface area contributed by atoms with E-state index in [1.165, 1.54) is 0 Å². The van der Waals surface area contributed by atoms with Crippen molar-refractivity contribution < 1.29 is 4.79 Å². The first-order valence-electron chi connectivity index (χ1n) is 4.07. The Morgan fingerprint density at radius 2 is 2.23 bits per heavy atom. The molecule has 69 valence electrons. The smallest absolute Gasteiger partial charge is 0.243 e. The van der Waals surface area contributed by atoms with Gasteiger partial charge in [-0.2, -0.15) is 0 Å². The molecule has 0 heterocycles. The minimum Gasteiger partial charge on any atom is -0.324 e. The zero-order valence-electron chi connectivity index (χ0n) is 7.79. The van der Waals surface area contributed by atoms with E-state index in [2.05, 4.69) is 11.4 Å². The quantitative estimate of drug-likeness (QED) is 0.712. The number of carbonyl (C=O) groups excluding carboxylic acids is 1. The molecule has 0 unspecified atom stereocenters. The summed E-state index contributed by atoms with van der Waals surface area (Å²) in [4.78, 5) is 11.4. The number of hydrogen-bond acceptors (Lipinski definition) is 2. The van der Waals surface area contributed by atoms with Crippen LogP contribution >= 0.6 is 0 Å². The fraction of sp³-hybridized carbons (Fsp3) is 0.300. The number of amides is 1. The monoisotopic (exact) mass is 177 g/mol. The Kier molecular flexibility index (Phi) is 2.68. The van der Waals surface area contributed by atoms with E-state index in [0.29, 0.717) is 5.69 Å². The van der Waals surface area contributed by atoms with Crippen molar-refractivity contribution in [3.63, 3.8) is 0 Å². The summed E-state index contributed by atoms with van der Waals surface area (Å²) in [6.07, 6.45) is 0. The van der Waals surface area contributed by atoms with Crippen molar-refractivity contribution >= 4 is 11.6 Å². The molecule has 1 rings (SSSR count). The average Bonchev–Trinajstić information content (AvgIpc) is 2.04. The molecule has 0 spiro atoms. The van der Waals surface area contributed by atoms with Crippen LogP contribution in [0.25, 0.3) is 0 Å². The molecule has 0 aromatic heterocycles.